The molecule has 8 heteroatoms. The van der Waals surface area contributed by atoms with E-state index in [1.807, 2.05) is 20.8 Å². The highest BCUT2D eigenvalue weighted by atomic mass is 17.2. The van der Waals surface area contributed by atoms with Crippen LogP contribution in [0, 0.1) is 0 Å². The number of hydrogen-bond donors (Lipinski definition) is 1. The number of carbonyl (C=O) groups excluding carboxylic acids is 1. The molecule has 21 heavy (non-hydrogen) atoms. The second-order valence-electron chi connectivity index (χ2n) is 6.38. The van der Waals surface area contributed by atoms with Crippen LogP contribution < -0.4 is 0 Å². The Bertz CT molecular complexity index is 410. The summed E-state index contributed by atoms with van der Waals surface area (Å²) in [5, 5.41) is 9.54. The molecule has 0 saturated carbocycles. The maximum Gasteiger partial charge on any atom is 0.513 e. The van der Waals surface area contributed by atoms with Crippen molar-refractivity contribution in [3.63, 3.8) is 0 Å². The molecule has 2 unspecified atom stereocenters. The Morgan fingerprint density at radius 1 is 1.33 bits per heavy atom. The SMILES string of the molecule is C=C1OC(=O)OC1(C)[B]C(OOC(C)(C)O)OC(C)(C)C. The molecule has 1 saturated heterocycles. The Hall–Kier alpha value is -1.09. The van der Waals surface area contributed by atoms with Gasteiger partial charge in [-0.15, -0.1) is 0 Å². The van der Waals surface area contributed by atoms with Crippen LogP contribution in [0.1, 0.15) is 41.5 Å². The first-order valence-corrected chi connectivity index (χ1v) is 6.52. The van der Waals surface area contributed by atoms with Gasteiger partial charge < -0.3 is 19.3 Å². The average Bonchev–Trinajstić information content (AvgIpc) is 2.45. The Morgan fingerprint density at radius 3 is 2.29 bits per heavy atom. The van der Waals surface area contributed by atoms with Crippen LogP contribution in [-0.4, -0.2) is 41.6 Å². The summed E-state index contributed by atoms with van der Waals surface area (Å²) in [6.45, 7) is 13.4. The van der Waals surface area contributed by atoms with Crippen molar-refractivity contribution in [3.8, 4) is 0 Å². The minimum atomic E-state index is -1.51. The van der Waals surface area contributed by atoms with Crippen molar-refractivity contribution in [3.05, 3.63) is 12.3 Å². The minimum absolute atomic E-state index is 0.113. The van der Waals surface area contributed by atoms with Crippen LogP contribution >= 0.6 is 0 Å². The first-order valence-electron chi connectivity index (χ1n) is 6.52. The summed E-state index contributed by atoms with van der Waals surface area (Å²) in [7, 11) is 1.43. The molecule has 1 N–H and O–H groups in total. The largest absolute Gasteiger partial charge is 0.513 e. The summed E-state index contributed by atoms with van der Waals surface area (Å²) >= 11 is 0. The lowest BCUT2D eigenvalue weighted by Gasteiger charge is -2.31. The van der Waals surface area contributed by atoms with Crippen molar-refractivity contribution in [1.82, 2.24) is 0 Å². The van der Waals surface area contributed by atoms with E-state index in [1.165, 1.54) is 21.1 Å². The smallest absolute Gasteiger partial charge is 0.429 e. The highest BCUT2D eigenvalue weighted by Gasteiger charge is 2.46. The third-order valence-electron chi connectivity index (χ3n) is 2.33. The van der Waals surface area contributed by atoms with Crippen molar-refractivity contribution in [2.45, 2.75) is 64.6 Å². The Labute approximate surface area is 125 Å². The van der Waals surface area contributed by atoms with E-state index in [9.17, 15) is 9.90 Å². The van der Waals surface area contributed by atoms with Crippen molar-refractivity contribution in [1.29, 1.82) is 0 Å². The van der Waals surface area contributed by atoms with Gasteiger partial charge in [-0.1, -0.05) is 6.58 Å². The highest BCUT2D eigenvalue weighted by Crippen LogP contribution is 2.30. The van der Waals surface area contributed by atoms with Crippen LogP contribution in [-0.2, 0) is 24.0 Å². The van der Waals surface area contributed by atoms with Gasteiger partial charge in [0.05, 0.1) is 5.60 Å². The molecule has 0 aromatic rings. The first-order chi connectivity index (χ1) is 9.31. The van der Waals surface area contributed by atoms with Gasteiger partial charge in [-0.3, -0.25) is 0 Å². The highest BCUT2D eigenvalue weighted by molar-refractivity contribution is 6.42. The quantitative estimate of drug-likeness (QED) is 0.263. The zero-order chi connectivity index (χ0) is 16.5. The van der Waals surface area contributed by atoms with Crippen LogP contribution in [0.15, 0.2) is 12.3 Å². The maximum atomic E-state index is 11.2. The molecule has 7 nitrogen and oxygen atoms in total. The van der Waals surface area contributed by atoms with Crippen LogP contribution in [0.25, 0.3) is 0 Å². The summed E-state index contributed by atoms with van der Waals surface area (Å²) in [6, 6.07) is 0. The lowest BCUT2D eigenvalue weighted by molar-refractivity contribution is -0.448. The molecule has 2 atom stereocenters. The monoisotopic (exact) mass is 301 g/mol. The van der Waals surface area contributed by atoms with Gasteiger partial charge in [-0.2, -0.15) is 0 Å². The molecule has 0 bridgehead atoms. The predicted octanol–water partition coefficient (Wildman–Crippen LogP) is 1.86. The van der Waals surface area contributed by atoms with Crippen LogP contribution in [0.3, 0.4) is 0 Å². The average molecular weight is 301 g/mol. The normalized spacial score (nSPS) is 24.5. The molecule has 1 aliphatic heterocycles. The van der Waals surface area contributed by atoms with E-state index in [1.54, 1.807) is 6.92 Å². The molecule has 1 rings (SSSR count). The van der Waals surface area contributed by atoms with Crippen molar-refractivity contribution in [2.24, 2.45) is 0 Å². The maximum absolute atomic E-state index is 11.2. The number of ether oxygens (including phenoxy) is 3. The molecule has 0 aromatic heterocycles. The second kappa shape index (κ2) is 5.96. The lowest BCUT2D eigenvalue weighted by Crippen LogP contribution is -2.46. The summed E-state index contributed by atoms with van der Waals surface area (Å²) in [5.41, 5.74) is -1.78. The Morgan fingerprint density at radius 2 is 1.90 bits per heavy atom. The van der Waals surface area contributed by atoms with Crippen molar-refractivity contribution >= 4 is 13.4 Å². The molecule has 0 spiro atoms. The summed E-state index contributed by atoms with van der Waals surface area (Å²) in [6.07, 6.45) is -1.87. The van der Waals surface area contributed by atoms with Gasteiger partial charge in [-0.05, 0) is 41.5 Å². The van der Waals surface area contributed by atoms with Gasteiger partial charge in [0.2, 0.25) is 0 Å². The third kappa shape index (κ3) is 6.05. The fraction of sp³-hybridized carbons (Fsp3) is 0.769. The molecule has 1 radical (unpaired) electrons. The second-order valence-corrected chi connectivity index (χ2v) is 6.38. The van der Waals surface area contributed by atoms with Gasteiger partial charge >= 0.3 is 6.16 Å². The molecular formula is C13H22BO7. The molecule has 1 fully saturated rings. The molecule has 1 heterocycles. The van der Waals surface area contributed by atoms with Crippen molar-refractivity contribution < 1.29 is 33.9 Å². The van der Waals surface area contributed by atoms with Gasteiger partial charge in [0, 0.05) is 0 Å². The number of carbonyl (C=O) groups is 1. The standard InChI is InChI=1S/C13H22BO7/c1-8-13(7,19-10(15)17-8)14-9(18-11(2,3)4)20-21-12(5,6)16/h9,16H,1H2,2-7H3. The van der Waals surface area contributed by atoms with E-state index in [0.29, 0.717) is 0 Å². The summed E-state index contributed by atoms with van der Waals surface area (Å²) < 4.78 is 15.5. The van der Waals surface area contributed by atoms with E-state index >= 15 is 0 Å². The van der Waals surface area contributed by atoms with Gasteiger partial charge in [0.1, 0.15) is 11.3 Å². The topological polar surface area (TPSA) is 83.5 Å². The van der Waals surface area contributed by atoms with Gasteiger partial charge in [-0.25, -0.2) is 14.6 Å². The van der Waals surface area contributed by atoms with E-state index in [4.69, 9.17) is 24.0 Å². The van der Waals surface area contributed by atoms with E-state index in [-0.39, 0.29) is 5.76 Å². The predicted molar refractivity (Wildman–Crippen MR) is 74.0 cm³/mol. The number of hydrogen-bond acceptors (Lipinski definition) is 7. The third-order valence-corrected chi connectivity index (χ3v) is 2.33. The molecular weight excluding hydrogens is 279 g/mol. The van der Waals surface area contributed by atoms with E-state index < -0.39 is 29.2 Å². The Balaban J connectivity index is 2.77. The van der Waals surface area contributed by atoms with E-state index in [2.05, 4.69) is 6.58 Å². The molecule has 0 aromatic carbocycles. The summed E-state index contributed by atoms with van der Waals surface area (Å²) in [5.74, 6) is -1.39. The fourth-order valence-corrected chi connectivity index (χ4v) is 1.43. The van der Waals surface area contributed by atoms with Gasteiger partial charge in [0.25, 0.3) is 7.28 Å². The minimum Gasteiger partial charge on any atom is -0.429 e. The molecule has 0 amide bonds. The van der Waals surface area contributed by atoms with E-state index in [0.717, 1.165) is 0 Å². The summed E-state index contributed by atoms with van der Waals surface area (Å²) in [4.78, 5) is 21.1. The Kier molecular flexibility index (Phi) is 5.10. The molecule has 119 valence electrons. The number of cyclic esters (lactones) is 2. The zero-order valence-corrected chi connectivity index (χ0v) is 13.3. The number of rotatable bonds is 6. The molecule has 1 aliphatic rings. The van der Waals surface area contributed by atoms with Crippen LogP contribution in [0.4, 0.5) is 4.79 Å². The van der Waals surface area contributed by atoms with Gasteiger partial charge in [0.15, 0.2) is 12.0 Å². The molecule has 0 aliphatic carbocycles. The zero-order valence-electron chi connectivity index (χ0n) is 13.3. The lowest BCUT2D eigenvalue weighted by atomic mass is 9.59. The fourth-order valence-electron chi connectivity index (χ4n) is 1.43. The van der Waals surface area contributed by atoms with Crippen molar-refractivity contribution in [2.75, 3.05) is 0 Å². The van der Waals surface area contributed by atoms with Crippen LogP contribution in [0.2, 0.25) is 0 Å². The first kappa shape index (κ1) is 18.0. The van der Waals surface area contributed by atoms with Crippen LogP contribution in [0.5, 0.6) is 0 Å². The number of aliphatic hydroxyl groups is 1.